The first-order valence-corrected chi connectivity index (χ1v) is 20.3. The molecule has 48 heavy (non-hydrogen) atoms. The second-order valence-corrected chi connectivity index (χ2v) is 14.4. The van der Waals surface area contributed by atoms with Crippen molar-refractivity contribution in [1.82, 2.24) is 0 Å². The Balaban J connectivity index is 2.15. The van der Waals surface area contributed by atoms with Crippen molar-refractivity contribution in [1.29, 1.82) is 0 Å². The summed E-state index contributed by atoms with van der Waals surface area (Å²) in [5, 5.41) is 0. The molecule has 0 aromatic heterocycles. The van der Waals surface area contributed by atoms with E-state index in [0.29, 0.717) is 25.0 Å². The number of epoxide rings is 1. The Labute approximate surface area is 291 Å². The number of carbonyl (C=O) groups is 2. The van der Waals surface area contributed by atoms with Crippen LogP contribution in [0.1, 0.15) is 156 Å². The van der Waals surface area contributed by atoms with Gasteiger partial charge in [-0.1, -0.05) is 128 Å². The van der Waals surface area contributed by atoms with E-state index in [2.05, 4.69) is 55.7 Å². The van der Waals surface area contributed by atoms with Crippen LogP contribution in [0.2, 0.25) is 0 Å². The zero-order chi connectivity index (χ0) is 35.3. The molecule has 1 heterocycles. The molecule has 9 nitrogen and oxygen atoms in total. The molecule has 3 unspecified atom stereocenters. The molecule has 1 rings (SSSR count). The number of rotatable bonds is 32. The lowest BCUT2D eigenvalue weighted by atomic mass is 9.99. The fourth-order valence-electron chi connectivity index (χ4n) is 5.26. The van der Waals surface area contributed by atoms with Crippen LogP contribution in [0.4, 0.5) is 0 Å². The van der Waals surface area contributed by atoms with E-state index in [1.54, 1.807) is 0 Å². The van der Waals surface area contributed by atoms with Gasteiger partial charge in [0.1, 0.15) is 6.61 Å². The van der Waals surface area contributed by atoms with Gasteiger partial charge in [-0.2, -0.15) is 0 Å². The molecular formula is C38H67O9P. The Hall–Kier alpha value is -1.77. The lowest BCUT2D eigenvalue weighted by Gasteiger charge is -2.18. The summed E-state index contributed by atoms with van der Waals surface area (Å²) in [4.78, 5) is 42.7. The van der Waals surface area contributed by atoms with E-state index in [0.717, 1.165) is 57.3 Å². The first-order valence-electron chi connectivity index (χ1n) is 18.8. The lowest BCUT2D eigenvalue weighted by molar-refractivity contribution is -0.161. The lowest BCUT2D eigenvalue weighted by Crippen LogP contribution is -2.29. The van der Waals surface area contributed by atoms with Crippen molar-refractivity contribution in [3.8, 4) is 0 Å². The summed E-state index contributed by atoms with van der Waals surface area (Å²) < 4.78 is 32.0. The summed E-state index contributed by atoms with van der Waals surface area (Å²) in [6, 6.07) is 0. The highest BCUT2D eigenvalue weighted by molar-refractivity contribution is 7.46. The average molecular weight is 699 g/mol. The molecule has 1 aliphatic heterocycles. The molecule has 1 fully saturated rings. The maximum absolute atomic E-state index is 12.3. The van der Waals surface area contributed by atoms with Gasteiger partial charge in [0.05, 0.1) is 18.8 Å². The van der Waals surface area contributed by atoms with Crippen molar-refractivity contribution in [3.05, 3.63) is 36.5 Å². The van der Waals surface area contributed by atoms with Gasteiger partial charge in [-0.15, -0.1) is 0 Å². The highest BCUT2D eigenvalue weighted by atomic mass is 31.2. The minimum atomic E-state index is -4.76. The third-order valence-electron chi connectivity index (χ3n) is 8.60. The van der Waals surface area contributed by atoms with Gasteiger partial charge in [-0.05, 0) is 57.3 Å². The van der Waals surface area contributed by atoms with Crippen molar-refractivity contribution < 1.29 is 42.7 Å². The molecule has 1 saturated heterocycles. The van der Waals surface area contributed by atoms with E-state index in [1.165, 1.54) is 57.8 Å². The Kier molecular flexibility index (Phi) is 26.7. The van der Waals surface area contributed by atoms with Gasteiger partial charge in [-0.3, -0.25) is 14.1 Å². The van der Waals surface area contributed by atoms with Crippen LogP contribution in [-0.2, 0) is 32.9 Å². The van der Waals surface area contributed by atoms with Crippen molar-refractivity contribution in [2.24, 2.45) is 5.92 Å². The first-order chi connectivity index (χ1) is 23.1. The summed E-state index contributed by atoms with van der Waals surface area (Å²) in [5.74, 6) is -0.144. The zero-order valence-corrected chi connectivity index (χ0v) is 31.1. The zero-order valence-electron chi connectivity index (χ0n) is 30.2. The maximum Gasteiger partial charge on any atom is 0.469 e. The Morgan fingerprint density at radius 1 is 0.729 bits per heavy atom. The SMILES string of the molecule is CCCCC/C=C\CC1OC1C/C=C\C/C=C\CCCC(=O)OC[C@H](COP(=O)(O)O)OC(=O)CCCCCCCCCCC(C)CC. The second kappa shape index (κ2) is 29.0. The van der Waals surface area contributed by atoms with E-state index < -0.39 is 32.5 Å². The van der Waals surface area contributed by atoms with Crippen LogP contribution < -0.4 is 0 Å². The standard InChI is InChI=1S/C38H67O9P/c1-4-6-7-8-17-22-27-35-36(47-35)28-23-18-13-11-15-19-24-29-37(39)44-31-34(32-45-48(41,42)43)46-38(40)30-25-20-14-10-9-12-16-21-26-33(3)5-2/h11,15,17-18,22-23,33-36H,4-10,12-14,16,19-21,24-32H2,1-3H3,(H2,41,42,43)/b15-11-,22-17-,23-18-/t33?,34-,35?,36?/m1/s1. The monoisotopic (exact) mass is 698 g/mol. The van der Waals surface area contributed by atoms with E-state index in [1.807, 2.05) is 6.08 Å². The van der Waals surface area contributed by atoms with Gasteiger partial charge < -0.3 is 24.0 Å². The van der Waals surface area contributed by atoms with Gasteiger partial charge in [0.25, 0.3) is 0 Å². The number of carbonyl (C=O) groups excluding carboxylic acids is 2. The average Bonchev–Trinajstić information content (AvgIpc) is 3.81. The highest BCUT2D eigenvalue weighted by Gasteiger charge is 2.36. The first kappa shape index (κ1) is 44.3. The molecule has 1 aliphatic rings. The fraction of sp³-hybridized carbons (Fsp3) is 0.789. The third-order valence-corrected chi connectivity index (χ3v) is 9.09. The fourth-order valence-corrected chi connectivity index (χ4v) is 5.62. The summed E-state index contributed by atoms with van der Waals surface area (Å²) in [5.41, 5.74) is 0. The van der Waals surface area contributed by atoms with E-state index in [-0.39, 0.29) is 19.4 Å². The Morgan fingerprint density at radius 3 is 1.98 bits per heavy atom. The summed E-state index contributed by atoms with van der Waals surface area (Å²) in [6.07, 6.45) is 33.3. The molecule has 2 N–H and O–H groups in total. The molecule has 278 valence electrons. The van der Waals surface area contributed by atoms with Crippen molar-refractivity contribution >= 4 is 19.8 Å². The minimum absolute atomic E-state index is 0.186. The van der Waals surface area contributed by atoms with E-state index in [4.69, 9.17) is 24.0 Å². The molecule has 0 aromatic rings. The number of phosphoric ester groups is 1. The number of hydrogen-bond acceptors (Lipinski definition) is 7. The molecule has 0 aromatic carbocycles. The number of allylic oxidation sites excluding steroid dienone is 4. The normalized spacial score (nSPS) is 17.8. The smallest absolute Gasteiger partial charge is 0.462 e. The molecule has 0 spiro atoms. The largest absolute Gasteiger partial charge is 0.469 e. The van der Waals surface area contributed by atoms with Crippen molar-refractivity contribution in [3.63, 3.8) is 0 Å². The van der Waals surface area contributed by atoms with Crippen molar-refractivity contribution in [2.45, 2.75) is 174 Å². The van der Waals surface area contributed by atoms with Gasteiger partial charge in [0.2, 0.25) is 0 Å². The van der Waals surface area contributed by atoms with Crippen molar-refractivity contribution in [2.75, 3.05) is 13.2 Å². The number of ether oxygens (including phenoxy) is 3. The maximum atomic E-state index is 12.3. The number of unbranched alkanes of at least 4 members (excludes halogenated alkanes) is 11. The second-order valence-electron chi connectivity index (χ2n) is 13.2. The minimum Gasteiger partial charge on any atom is -0.462 e. The van der Waals surface area contributed by atoms with Gasteiger partial charge in [0.15, 0.2) is 6.10 Å². The topological polar surface area (TPSA) is 132 Å². The summed E-state index contributed by atoms with van der Waals surface area (Å²) in [7, 11) is -4.76. The molecule has 0 saturated carbocycles. The van der Waals surface area contributed by atoms with Crippen LogP contribution in [0.25, 0.3) is 0 Å². The molecule has 0 radical (unpaired) electrons. The number of esters is 2. The number of hydrogen-bond donors (Lipinski definition) is 2. The predicted molar refractivity (Wildman–Crippen MR) is 192 cm³/mol. The van der Waals surface area contributed by atoms with E-state index >= 15 is 0 Å². The Morgan fingerprint density at radius 2 is 1.31 bits per heavy atom. The highest BCUT2D eigenvalue weighted by Crippen LogP contribution is 2.36. The summed E-state index contributed by atoms with van der Waals surface area (Å²) >= 11 is 0. The van der Waals surface area contributed by atoms with Crippen LogP contribution in [-0.4, -0.2) is 53.3 Å². The predicted octanol–water partition coefficient (Wildman–Crippen LogP) is 9.85. The van der Waals surface area contributed by atoms with Crippen LogP contribution >= 0.6 is 7.82 Å². The molecule has 0 bridgehead atoms. The summed E-state index contributed by atoms with van der Waals surface area (Å²) in [6.45, 7) is 5.89. The van der Waals surface area contributed by atoms with Crippen LogP contribution in [0.3, 0.4) is 0 Å². The molecule has 0 aliphatic carbocycles. The molecule has 0 amide bonds. The van der Waals surface area contributed by atoms with Gasteiger partial charge >= 0.3 is 19.8 Å². The Bertz CT molecular complexity index is 958. The van der Waals surface area contributed by atoms with E-state index in [9.17, 15) is 14.2 Å². The van der Waals surface area contributed by atoms with Crippen LogP contribution in [0, 0.1) is 5.92 Å². The van der Waals surface area contributed by atoms with Gasteiger partial charge in [-0.25, -0.2) is 4.57 Å². The molecule has 10 heteroatoms. The van der Waals surface area contributed by atoms with Gasteiger partial charge in [0, 0.05) is 12.8 Å². The third kappa shape index (κ3) is 28.1. The molecular weight excluding hydrogens is 631 g/mol. The molecule has 4 atom stereocenters. The number of phosphoric acid groups is 1. The van der Waals surface area contributed by atoms with Crippen LogP contribution in [0.5, 0.6) is 0 Å². The van der Waals surface area contributed by atoms with Crippen LogP contribution in [0.15, 0.2) is 36.5 Å². The quantitative estimate of drug-likeness (QED) is 0.0232.